The summed E-state index contributed by atoms with van der Waals surface area (Å²) in [5.74, 6) is -1.42. The van der Waals surface area contributed by atoms with Gasteiger partial charge in [0, 0.05) is 11.1 Å². The van der Waals surface area contributed by atoms with Crippen LogP contribution in [0, 0.1) is 0 Å². The van der Waals surface area contributed by atoms with Crippen LogP contribution >= 0.6 is 11.3 Å². The zero-order valence-electron chi connectivity index (χ0n) is 16.0. The van der Waals surface area contributed by atoms with Crippen LogP contribution in [0.5, 0.6) is 0 Å². The Hall–Kier alpha value is -2.98. The van der Waals surface area contributed by atoms with Gasteiger partial charge in [0.15, 0.2) is 5.69 Å². The Labute approximate surface area is 172 Å². The van der Waals surface area contributed by atoms with Crippen LogP contribution in [0.3, 0.4) is 0 Å². The molecule has 3 aromatic rings. The summed E-state index contributed by atoms with van der Waals surface area (Å²) in [5.41, 5.74) is 5.95. The van der Waals surface area contributed by atoms with E-state index in [-0.39, 0.29) is 30.8 Å². The number of sulfone groups is 1. The zero-order chi connectivity index (χ0) is 21.4. The first-order valence-corrected chi connectivity index (χ1v) is 10.9. The third-order valence-corrected chi connectivity index (χ3v) is 7.43. The second-order valence-corrected chi connectivity index (χ2v) is 10.6. The summed E-state index contributed by atoms with van der Waals surface area (Å²) in [6.45, 7) is 5.90. The Kier molecular flexibility index (Phi) is 5.33. The second kappa shape index (κ2) is 7.45. The number of anilines is 1. The van der Waals surface area contributed by atoms with Gasteiger partial charge in [0.2, 0.25) is 9.84 Å². The fourth-order valence-electron chi connectivity index (χ4n) is 2.48. The van der Waals surface area contributed by atoms with Crippen molar-refractivity contribution in [3.63, 3.8) is 0 Å². The number of aromatic amines is 1. The molecule has 4 N–H and O–H groups in total. The molecule has 0 unspecified atom stereocenters. The van der Waals surface area contributed by atoms with Crippen molar-refractivity contribution in [1.82, 2.24) is 10.2 Å². The highest BCUT2D eigenvalue weighted by atomic mass is 32.2. The molecule has 2 aromatic heterocycles. The number of aromatic nitrogens is 2. The lowest BCUT2D eigenvalue weighted by Gasteiger charge is -2.14. The maximum atomic E-state index is 12.8. The van der Waals surface area contributed by atoms with Crippen molar-refractivity contribution in [2.75, 3.05) is 5.32 Å². The molecule has 0 saturated heterocycles. The van der Waals surface area contributed by atoms with Crippen LogP contribution in [-0.2, 0) is 15.3 Å². The average molecular weight is 433 g/mol. The van der Waals surface area contributed by atoms with Crippen LogP contribution in [0.2, 0.25) is 0 Å². The molecule has 3 rings (SSSR count). The SMILES string of the molecule is CC(C)(C)c1cc(C(=O)Nc2sc(S(=O)(=O)c3ccccc3)cc2C(N)=O)n[nH]1. The largest absolute Gasteiger partial charge is 0.366 e. The molecule has 152 valence electrons. The number of amides is 2. The lowest BCUT2D eigenvalue weighted by molar-refractivity contribution is 0.100. The molecular weight excluding hydrogens is 412 g/mol. The summed E-state index contributed by atoms with van der Waals surface area (Å²) >= 11 is 0.766. The van der Waals surface area contributed by atoms with Gasteiger partial charge < -0.3 is 11.1 Å². The van der Waals surface area contributed by atoms with Gasteiger partial charge in [-0.3, -0.25) is 14.7 Å². The highest BCUT2D eigenvalue weighted by Gasteiger charge is 2.26. The van der Waals surface area contributed by atoms with Crippen LogP contribution < -0.4 is 11.1 Å². The summed E-state index contributed by atoms with van der Waals surface area (Å²) in [4.78, 5) is 24.5. The number of nitrogens with one attached hydrogen (secondary N) is 2. The van der Waals surface area contributed by atoms with Gasteiger partial charge in [0.25, 0.3) is 11.8 Å². The zero-order valence-corrected chi connectivity index (χ0v) is 17.6. The normalized spacial score (nSPS) is 12.0. The van der Waals surface area contributed by atoms with Gasteiger partial charge in [0.05, 0.1) is 10.5 Å². The smallest absolute Gasteiger partial charge is 0.276 e. The molecule has 2 amide bonds. The number of benzene rings is 1. The molecule has 0 aliphatic carbocycles. The number of nitrogens with zero attached hydrogens (tertiary/aromatic N) is 1. The van der Waals surface area contributed by atoms with E-state index in [9.17, 15) is 18.0 Å². The van der Waals surface area contributed by atoms with Gasteiger partial charge in [-0.15, -0.1) is 11.3 Å². The molecule has 0 saturated carbocycles. The third kappa shape index (κ3) is 4.22. The molecule has 29 heavy (non-hydrogen) atoms. The third-order valence-electron chi connectivity index (χ3n) is 4.14. The molecule has 0 bridgehead atoms. The van der Waals surface area contributed by atoms with E-state index < -0.39 is 21.7 Å². The minimum Gasteiger partial charge on any atom is -0.366 e. The highest BCUT2D eigenvalue weighted by molar-refractivity contribution is 7.93. The molecule has 0 radical (unpaired) electrons. The first-order chi connectivity index (χ1) is 13.5. The molecular formula is C19H20N4O4S2. The highest BCUT2D eigenvalue weighted by Crippen LogP contribution is 2.35. The van der Waals surface area contributed by atoms with Crippen molar-refractivity contribution in [3.05, 3.63) is 59.4 Å². The number of carbonyl (C=O) groups is 2. The summed E-state index contributed by atoms with van der Waals surface area (Å²) in [5, 5.41) is 9.40. The lowest BCUT2D eigenvalue weighted by Crippen LogP contribution is -2.16. The van der Waals surface area contributed by atoms with E-state index in [1.54, 1.807) is 24.3 Å². The van der Waals surface area contributed by atoms with Crippen molar-refractivity contribution >= 4 is 38.0 Å². The number of primary amides is 1. The van der Waals surface area contributed by atoms with E-state index in [2.05, 4.69) is 15.5 Å². The fourth-order valence-corrected chi connectivity index (χ4v) is 5.27. The number of nitrogens with two attached hydrogens (primary N) is 1. The van der Waals surface area contributed by atoms with Crippen molar-refractivity contribution in [1.29, 1.82) is 0 Å². The quantitative estimate of drug-likeness (QED) is 0.570. The predicted octanol–water partition coefficient (Wildman–Crippen LogP) is 2.95. The first kappa shape index (κ1) is 20.7. The van der Waals surface area contributed by atoms with Crippen LogP contribution in [-0.4, -0.2) is 30.4 Å². The van der Waals surface area contributed by atoms with E-state index in [0.717, 1.165) is 17.0 Å². The van der Waals surface area contributed by atoms with Gasteiger partial charge in [-0.1, -0.05) is 39.0 Å². The van der Waals surface area contributed by atoms with Gasteiger partial charge in [0.1, 0.15) is 9.21 Å². The number of hydrogen-bond donors (Lipinski definition) is 3. The van der Waals surface area contributed by atoms with Crippen molar-refractivity contribution in [3.8, 4) is 0 Å². The topological polar surface area (TPSA) is 135 Å². The Morgan fingerprint density at radius 3 is 2.34 bits per heavy atom. The molecule has 0 atom stereocenters. The number of H-pyrrole nitrogens is 1. The van der Waals surface area contributed by atoms with E-state index in [1.165, 1.54) is 18.2 Å². The van der Waals surface area contributed by atoms with Gasteiger partial charge in [-0.25, -0.2) is 8.42 Å². The maximum Gasteiger partial charge on any atom is 0.276 e. The van der Waals surface area contributed by atoms with Crippen LogP contribution in [0.25, 0.3) is 0 Å². The summed E-state index contributed by atoms with van der Waals surface area (Å²) in [6.07, 6.45) is 0. The standard InChI is InChI=1S/C19H20N4O4S2/c1-19(2,3)14-10-13(22-23-14)17(25)21-18-12(16(20)24)9-15(28-18)29(26,27)11-7-5-4-6-8-11/h4-10H,1-3H3,(H2,20,24)(H,21,25)(H,22,23). The molecule has 8 nitrogen and oxygen atoms in total. The van der Waals surface area contributed by atoms with E-state index >= 15 is 0 Å². The Bertz CT molecular complexity index is 1170. The Morgan fingerprint density at radius 1 is 1.14 bits per heavy atom. The molecule has 0 aliphatic rings. The monoisotopic (exact) mass is 432 g/mol. The van der Waals surface area contributed by atoms with Crippen LogP contribution in [0.4, 0.5) is 5.00 Å². The van der Waals surface area contributed by atoms with Crippen LogP contribution in [0.1, 0.15) is 47.3 Å². The fraction of sp³-hybridized carbons (Fsp3) is 0.211. The van der Waals surface area contributed by atoms with E-state index in [0.29, 0.717) is 0 Å². The first-order valence-electron chi connectivity index (χ1n) is 8.61. The second-order valence-electron chi connectivity index (χ2n) is 7.36. The number of carbonyl (C=O) groups excluding carboxylic acids is 2. The number of hydrogen-bond acceptors (Lipinski definition) is 6. The Morgan fingerprint density at radius 2 is 1.79 bits per heavy atom. The molecule has 2 heterocycles. The average Bonchev–Trinajstić information content (AvgIpc) is 3.30. The number of rotatable bonds is 5. The van der Waals surface area contributed by atoms with Crippen molar-refractivity contribution < 1.29 is 18.0 Å². The minimum absolute atomic E-state index is 0.0531. The summed E-state index contributed by atoms with van der Waals surface area (Å²) < 4.78 is 25.5. The minimum atomic E-state index is -3.85. The lowest BCUT2D eigenvalue weighted by atomic mass is 9.92. The molecule has 0 aliphatic heterocycles. The van der Waals surface area contributed by atoms with Crippen molar-refractivity contribution in [2.45, 2.75) is 35.3 Å². The molecule has 10 heteroatoms. The maximum absolute atomic E-state index is 12.8. The summed E-state index contributed by atoms with van der Waals surface area (Å²) in [6, 6.07) is 10.6. The number of thiophene rings is 1. The summed E-state index contributed by atoms with van der Waals surface area (Å²) in [7, 11) is -3.85. The Balaban J connectivity index is 1.95. The predicted molar refractivity (Wildman–Crippen MR) is 110 cm³/mol. The van der Waals surface area contributed by atoms with E-state index in [4.69, 9.17) is 5.73 Å². The van der Waals surface area contributed by atoms with Gasteiger partial charge in [-0.05, 0) is 24.3 Å². The van der Waals surface area contributed by atoms with Gasteiger partial charge in [-0.2, -0.15) is 5.10 Å². The van der Waals surface area contributed by atoms with E-state index in [1.807, 2.05) is 20.8 Å². The molecule has 0 fully saturated rings. The molecule has 1 aromatic carbocycles. The molecule has 0 spiro atoms. The van der Waals surface area contributed by atoms with Crippen LogP contribution in [0.15, 0.2) is 51.6 Å². The van der Waals surface area contributed by atoms with Crippen molar-refractivity contribution in [2.24, 2.45) is 5.73 Å². The van der Waals surface area contributed by atoms with Gasteiger partial charge >= 0.3 is 0 Å².